The Balaban J connectivity index is 4.15. The van der Waals surface area contributed by atoms with Crippen LogP contribution in [-0.4, -0.2) is 44.8 Å². The Morgan fingerprint density at radius 1 is 1.47 bits per heavy atom. The Bertz CT molecular complexity index is 164. The molecule has 0 bridgehead atoms. The van der Waals surface area contributed by atoms with Gasteiger partial charge in [0.1, 0.15) is 0 Å². The Morgan fingerprint density at radius 3 is 2.47 bits per heavy atom. The first-order chi connectivity index (χ1) is 6.99. The maximum atomic E-state index is 5.86. The molecule has 0 aromatic carbocycles. The van der Waals surface area contributed by atoms with Crippen molar-refractivity contribution in [3.8, 4) is 0 Å². The van der Waals surface area contributed by atoms with E-state index in [2.05, 4.69) is 32.7 Å². The van der Waals surface area contributed by atoms with Crippen molar-refractivity contribution in [2.45, 2.75) is 39.7 Å². The maximum absolute atomic E-state index is 5.86. The summed E-state index contributed by atoms with van der Waals surface area (Å²) in [6.07, 6.45) is 2.38. The van der Waals surface area contributed by atoms with Crippen LogP contribution in [0.4, 0.5) is 0 Å². The molecular weight excluding hydrogens is 188 g/mol. The van der Waals surface area contributed by atoms with E-state index in [0.717, 1.165) is 19.7 Å². The molecule has 0 saturated heterocycles. The molecule has 0 spiro atoms. The number of ether oxygens (including phenoxy) is 1. The highest BCUT2D eigenvalue weighted by molar-refractivity contribution is 4.79. The fourth-order valence-electron chi connectivity index (χ4n) is 1.98. The Labute approximate surface area is 95.0 Å². The second-order valence-corrected chi connectivity index (χ2v) is 4.98. The van der Waals surface area contributed by atoms with E-state index in [0.29, 0.717) is 6.04 Å². The first-order valence-electron chi connectivity index (χ1n) is 5.88. The molecule has 0 heterocycles. The molecule has 0 rings (SSSR count). The zero-order chi connectivity index (χ0) is 11.9. The maximum Gasteiger partial charge on any atom is 0.0615 e. The van der Waals surface area contributed by atoms with Gasteiger partial charge in [-0.25, -0.2) is 0 Å². The Hall–Kier alpha value is -0.120. The van der Waals surface area contributed by atoms with Gasteiger partial charge in [0.2, 0.25) is 0 Å². The van der Waals surface area contributed by atoms with Gasteiger partial charge in [-0.1, -0.05) is 20.3 Å². The highest BCUT2D eigenvalue weighted by Crippen LogP contribution is 2.23. The minimum absolute atomic E-state index is 0.242. The number of methoxy groups -OCH3 is 1. The minimum atomic E-state index is 0.242. The largest absolute Gasteiger partial charge is 0.383 e. The number of nitrogens with two attached hydrogens (primary N) is 1. The monoisotopic (exact) mass is 216 g/mol. The van der Waals surface area contributed by atoms with Crippen molar-refractivity contribution in [3.05, 3.63) is 0 Å². The lowest BCUT2D eigenvalue weighted by Gasteiger charge is -2.35. The highest BCUT2D eigenvalue weighted by atomic mass is 16.5. The van der Waals surface area contributed by atoms with Crippen molar-refractivity contribution >= 4 is 0 Å². The molecule has 3 nitrogen and oxygen atoms in total. The van der Waals surface area contributed by atoms with Crippen molar-refractivity contribution < 1.29 is 4.74 Å². The normalized spacial score (nSPS) is 17.8. The SMILES string of the molecule is CCCC(C)(CN)CN(C)C(C)COC. The molecule has 0 aromatic heterocycles. The predicted octanol–water partition coefficient (Wildman–Crippen LogP) is 1.72. The van der Waals surface area contributed by atoms with E-state index in [-0.39, 0.29) is 5.41 Å². The van der Waals surface area contributed by atoms with Gasteiger partial charge in [0, 0.05) is 19.7 Å². The molecule has 15 heavy (non-hydrogen) atoms. The van der Waals surface area contributed by atoms with Crippen LogP contribution in [0.5, 0.6) is 0 Å². The van der Waals surface area contributed by atoms with Gasteiger partial charge < -0.3 is 15.4 Å². The van der Waals surface area contributed by atoms with E-state index in [1.54, 1.807) is 7.11 Å². The highest BCUT2D eigenvalue weighted by Gasteiger charge is 2.25. The first kappa shape index (κ1) is 14.9. The van der Waals surface area contributed by atoms with Gasteiger partial charge >= 0.3 is 0 Å². The van der Waals surface area contributed by atoms with Crippen molar-refractivity contribution in [2.75, 3.05) is 33.9 Å². The summed E-state index contributed by atoms with van der Waals surface area (Å²) in [5, 5.41) is 0. The summed E-state index contributed by atoms with van der Waals surface area (Å²) < 4.78 is 5.16. The van der Waals surface area contributed by atoms with Gasteiger partial charge in [-0.05, 0) is 32.4 Å². The lowest BCUT2D eigenvalue weighted by molar-refractivity contribution is 0.0847. The zero-order valence-corrected chi connectivity index (χ0v) is 11.0. The molecule has 0 aliphatic rings. The zero-order valence-electron chi connectivity index (χ0n) is 11.0. The number of likely N-dealkylation sites (N-methyl/N-ethyl adjacent to an activating group) is 1. The molecule has 0 aliphatic heterocycles. The summed E-state index contributed by atoms with van der Waals surface area (Å²) in [5.41, 5.74) is 6.10. The van der Waals surface area contributed by atoms with Crippen LogP contribution in [0.3, 0.4) is 0 Å². The fraction of sp³-hybridized carbons (Fsp3) is 1.00. The van der Waals surface area contributed by atoms with Crippen molar-refractivity contribution in [3.63, 3.8) is 0 Å². The van der Waals surface area contributed by atoms with Crippen LogP contribution < -0.4 is 5.73 Å². The first-order valence-corrected chi connectivity index (χ1v) is 5.88. The lowest BCUT2D eigenvalue weighted by atomic mass is 9.85. The Morgan fingerprint density at radius 2 is 2.07 bits per heavy atom. The third-order valence-electron chi connectivity index (χ3n) is 3.14. The van der Waals surface area contributed by atoms with E-state index in [4.69, 9.17) is 10.5 Å². The molecule has 92 valence electrons. The average molecular weight is 216 g/mol. The van der Waals surface area contributed by atoms with Gasteiger partial charge in [-0.3, -0.25) is 0 Å². The second kappa shape index (κ2) is 7.20. The third kappa shape index (κ3) is 5.50. The lowest BCUT2D eigenvalue weighted by Crippen LogP contribution is -2.43. The van der Waals surface area contributed by atoms with Crippen LogP contribution >= 0.6 is 0 Å². The molecule has 0 aromatic rings. The summed E-state index contributed by atoms with van der Waals surface area (Å²) >= 11 is 0. The quantitative estimate of drug-likeness (QED) is 0.671. The third-order valence-corrected chi connectivity index (χ3v) is 3.14. The number of hydrogen-bond acceptors (Lipinski definition) is 3. The summed E-state index contributed by atoms with van der Waals surface area (Å²) in [4.78, 5) is 2.34. The van der Waals surface area contributed by atoms with Crippen LogP contribution in [0.1, 0.15) is 33.6 Å². The summed E-state index contributed by atoms with van der Waals surface area (Å²) in [6.45, 7) is 9.25. The molecular formula is C12H28N2O. The van der Waals surface area contributed by atoms with Crippen LogP contribution in [0.15, 0.2) is 0 Å². The fourth-order valence-corrected chi connectivity index (χ4v) is 1.98. The topological polar surface area (TPSA) is 38.5 Å². The standard InChI is InChI=1S/C12H28N2O/c1-6-7-12(3,9-13)10-14(4)11(2)8-15-5/h11H,6-10,13H2,1-5H3. The number of rotatable bonds is 8. The molecule has 3 heteroatoms. The molecule has 2 atom stereocenters. The van der Waals surface area contributed by atoms with Crippen molar-refractivity contribution in [2.24, 2.45) is 11.1 Å². The van der Waals surface area contributed by atoms with Gasteiger partial charge in [0.05, 0.1) is 6.61 Å². The molecule has 2 unspecified atom stereocenters. The van der Waals surface area contributed by atoms with E-state index in [1.165, 1.54) is 12.8 Å². The van der Waals surface area contributed by atoms with Crippen LogP contribution in [0.25, 0.3) is 0 Å². The molecule has 0 saturated carbocycles. The predicted molar refractivity (Wildman–Crippen MR) is 66.0 cm³/mol. The van der Waals surface area contributed by atoms with E-state index >= 15 is 0 Å². The van der Waals surface area contributed by atoms with Crippen LogP contribution in [-0.2, 0) is 4.74 Å². The van der Waals surface area contributed by atoms with Gasteiger partial charge in [-0.2, -0.15) is 0 Å². The molecule has 0 amide bonds. The number of nitrogens with zero attached hydrogens (tertiary/aromatic N) is 1. The summed E-state index contributed by atoms with van der Waals surface area (Å²) in [7, 11) is 3.89. The van der Waals surface area contributed by atoms with E-state index < -0.39 is 0 Å². The van der Waals surface area contributed by atoms with Crippen molar-refractivity contribution in [1.82, 2.24) is 4.90 Å². The van der Waals surface area contributed by atoms with Gasteiger partial charge in [-0.15, -0.1) is 0 Å². The second-order valence-electron chi connectivity index (χ2n) is 4.98. The number of hydrogen-bond donors (Lipinski definition) is 1. The van der Waals surface area contributed by atoms with Crippen molar-refractivity contribution in [1.29, 1.82) is 0 Å². The van der Waals surface area contributed by atoms with Crippen LogP contribution in [0, 0.1) is 5.41 Å². The molecule has 0 radical (unpaired) electrons. The average Bonchev–Trinajstić information content (AvgIpc) is 2.18. The van der Waals surface area contributed by atoms with E-state index in [1.807, 2.05) is 0 Å². The summed E-state index contributed by atoms with van der Waals surface area (Å²) in [5.74, 6) is 0. The van der Waals surface area contributed by atoms with Gasteiger partial charge in [0.25, 0.3) is 0 Å². The van der Waals surface area contributed by atoms with Gasteiger partial charge in [0.15, 0.2) is 0 Å². The van der Waals surface area contributed by atoms with E-state index in [9.17, 15) is 0 Å². The molecule has 2 N–H and O–H groups in total. The Kier molecular flexibility index (Phi) is 7.14. The molecule has 0 aliphatic carbocycles. The smallest absolute Gasteiger partial charge is 0.0615 e. The molecule has 0 fully saturated rings. The summed E-state index contributed by atoms with van der Waals surface area (Å²) in [6, 6.07) is 0.456. The minimum Gasteiger partial charge on any atom is -0.383 e. The van der Waals surface area contributed by atoms with Crippen LogP contribution in [0.2, 0.25) is 0 Å².